The Morgan fingerprint density at radius 1 is 0.591 bits per heavy atom. The van der Waals surface area contributed by atoms with Crippen LogP contribution in [0.15, 0.2) is 0 Å². The summed E-state index contributed by atoms with van der Waals surface area (Å²) in [6, 6.07) is 0. The fraction of sp³-hybridized carbons (Fsp3) is 0.600. The van der Waals surface area contributed by atoms with Crippen molar-refractivity contribution in [3.8, 4) is 0 Å². The van der Waals surface area contributed by atoms with Gasteiger partial charge in [0.15, 0.2) is 0 Å². The number of carboxylic acids is 4. The van der Waals surface area contributed by atoms with Crippen LogP contribution in [-0.2, 0) is 19.2 Å². The van der Waals surface area contributed by atoms with E-state index in [0.717, 1.165) is 0 Å². The van der Waals surface area contributed by atoms with Gasteiger partial charge < -0.3 is 37.6 Å². The van der Waals surface area contributed by atoms with Crippen LogP contribution >= 0.6 is 0 Å². The van der Waals surface area contributed by atoms with Crippen molar-refractivity contribution in [3.63, 3.8) is 0 Å². The predicted molar refractivity (Wildman–Crippen MR) is 83.1 cm³/mol. The minimum atomic E-state index is -1.08. The molecule has 0 heterocycles. The first-order valence-corrected chi connectivity index (χ1v) is 5.44. The molecular formula is C10H24Mg2N2O8. The molecule has 0 radical (unpaired) electrons. The molecule has 0 spiro atoms. The molecule has 0 saturated carbocycles. The van der Waals surface area contributed by atoms with Crippen molar-refractivity contribution >= 4 is 70.0 Å². The average Bonchev–Trinajstić information content (AvgIpc) is 2.35. The normalized spacial score (nSPS) is 7.55. The maximum Gasteiger partial charge on any atom is 2.00 e. The van der Waals surface area contributed by atoms with Crippen LogP contribution in [0.1, 0.15) is 31.4 Å². The smallest absolute Gasteiger partial charge is 1.00 e. The van der Waals surface area contributed by atoms with Gasteiger partial charge in [0.2, 0.25) is 0 Å². The summed E-state index contributed by atoms with van der Waals surface area (Å²) in [6.45, 7) is 1.19. The van der Waals surface area contributed by atoms with Crippen LogP contribution in [-0.4, -0.2) is 103 Å². The molecule has 126 valence electrons. The van der Waals surface area contributed by atoms with E-state index in [4.69, 9.17) is 31.9 Å². The second-order valence-electron chi connectivity index (χ2n) is 3.15. The summed E-state index contributed by atoms with van der Waals surface area (Å²) in [7, 11) is 0. The maximum atomic E-state index is 9.64. The van der Waals surface area contributed by atoms with Gasteiger partial charge in [0.25, 0.3) is 0 Å². The van der Waals surface area contributed by atoms with E-state index in [-0.39, 0.29) is 77.5 Å². The third-order valence-electron chi connectivity index (χ3n) is 1.27. The summed E-state index contributed by atoms with van der Waals surface area (Å²) < 4.78 is 0. The van der Waals surface area contributed by atoms with E-state index in [2.05, 4.69) is 0 Å². The summed E-state index contributed by atoms with van der Waals surface area (Å²) in [5, 5.41) is 31.6. The van der Waals surface area contributed by atoms with Crippen LogP contribution in [0, 0.1) is 0 Å². The van der Waals surface area contributed by atoms with Gasteiger partial charge >= 0.3 is 70.0 Å². The molecule has 0 fully saturated rings. The molecule has 0 aromatic rings. The Morgan fingerprint density at radius 2 is 0.727 bits per heavy atom. The van der Waals surface area contributed by atoms with Gasteiger partial charge in [-0.2, -0.15) is 0 Å². The number of hydrogen-bond donors (Lipinski definition) is 6. The zero-order valence-electron chi connectivity index (χ0n) is 16.2. The molecule has 0 aromatic carbocycles. The second kappa shape index (κ2) is 25.3. The molecule has 0 unspecified atom stereocenters. The molecular weight excluding hydrogens is 325 g/mol. The molecule has 0 amide bonds. The van der Waals surface area contributed by atoms with E-state index < -0.39 is 23.9 Å². The molecule has 12 heteroatoms. The van der Waals surface area contributed by atoms with E-state index in [1.165, 1.54) is 0 Å². The van der Waals surface area contributed by atoms with Gasteiger partial charge in [-0.25, -0.2) is 0 Å². The number of rotatable bonds is 7. The van der Waals surface area contributed by atoms with Crippen molar-refractivity contribution in [3.05, 3.63) is 0 Å². The van der Waals surface area contributed by atoms with Crippen LogP contribution in [0.4, 0.5) is 0 Å². The first kappa shape index (κ1) is 33.1. The third-order valence-corrected chi connectivity index (χ3v) is 1.27. The first-order valence-electron chi connectivity index (χ1n) is 5.44. The van der Waals surface area contributed by atoms with Crippen LogP contribution < -0.4 is 11.5 Å². The molecule has 0 aliphatic rings. The van der Waals surface area contributed by atoms with E-state index >= 15 is 0 Å². The van der Waals surface area contributed by atoms with E-state index in [1.54, 1.807) is 0 Å². The van der Waals surface area contributed by atoms with Crippen LogP contribution in [0.25, 0.3) is 0 Å². The van der Waals surface area contributed by atoms with E-state index in [9.17, 15) is 19.2 Å². The molecule has 0 bridgehead atoms. The minimum absolute atomic E-state index is 0. The Morgan fingerprint density at radius 3 is 0.773 bits per heavy atom. The van der Waals surface area contributed by atoms with E-state index in [1.807, 2.05) is 0 Å². The summed E-state index contributed by atoms with van der Waals surface area (Å²) in [5.74, 6) is -4.31. The van der Waals surface area contributed by atoms with Crippen molar-refractivity contribution in [1.82, 2.24) is 0 Å². The number of hydrogen-bond acceptors (Lipinski definition) is 6. The van der Waals surface area contributed by atoms with Gasteiger partial charge in [-0.3, -0.25) is 19.2 Å². The standard InChI is InChI=1S/2C4H6O4.C2H8N2.2Mg.4H/c2*5-3(6)1-2-4(7)8;3-1-2-4;;;;;;/h2*1-2H2,(H,5,6)(H,7,8);1-4H2;;;;;;/q;;;2*+2;4*-1. The zero-order chi connectivity index (χ0) is 16.6. The van der Waals surface area contributed by atoms with Crippen LogP contribution in [0.5, 0.6) is 0 Å². The Labute approximate surface area is 165 Å². The number of aliphatic carboxylic acids is 4. The third kappa shape index (κ3) is 60.9. The summed E-state index contributed by atoms with van der Waals surface area (Å²) in [4.78, 5) is 38.6. The topological polar surface area (TPSA) is 201 Å². The Balaban J connectivity index is -0.0000000222. The molecule has 8 N–H and O–H groups in total. The van der Waals surface area contributed by atoms with Crippen LogP contribution in [0.2, 0.25) is 0 Å². The zero-order valence-corrected chi connectivity index (χ0v) is 15.1. The fourth-order valence-corrected chi connectivity index (χ4v) is 0.428. The number of carboxylic acid groups (broad SMARTS) is 4. The van der Waals surface area contributed by atoms with Gasteiger partial charge in [-0.1, -0.05) is 0 Å². The van der Waals surface area contributed by atoms with Gasteiger partial charge in [0.1, 0.15) is 0 Å². The molecule has 0 aliphatic carbocycles. The summed E-state index contributed by atoms with van der Waals surface area (Å²) in [5.41, 5.74) is 9.81. The molecule has 10 nitrogen and oxygen atoms in total. The average molecular weight is 349 g/mol. The van der Waals surface area contributed by atoms with Crippen molar-refractivity contribution in [2.24, 2.45) is 11.5 Å². The minimum Gasteiger partial charge on any atom is -1.00 e. The monoisotopic (exact) mass is 348 g/mol. The Bertz CT molecular complexity index is 273. The van der Waals surface area contributed by atoms with Gasteiger partial charge in [-0.15, -0.1) is 0 Å². The Hall–Kier alpha value is -0.668. The molecule has 0 aromatic heterocycles. The largest absolute Gasteiger partial charge is 2.00 e. The molecule has 0 atom stereocenters. The SMILES string of the molecule is NCCN.O=C(O)CCC(=O)O.O=C(O)CCC(=O)O.[H-].[H-].[H-].[H-].[Mg+2].[Mg+2]. The Kier molecular flexibility index (Phi) is 38.0. The second-order valence-corrected chi connectivity index (χ2v) is 3.15. The van der Waals surface area contributed by atoms with Gasteiger partial charge in [0, 0.05) is 13.1 Å². The number of nitrogens with two attached hydrogens (primary N) is 2. The summed E-state index contributed by atoms with van der Waals surface area (Å²) >= 11 is 0. The van der Waals surface area contributed by atoms with Crippen molar-refractivity contribution in [2.75, 3.05) is 13.1 Å². The van der Waals surface area contributed by atoms with Crippen molar-refractivity contribution in [1.29, 1.82) is 0 Å². The van der Waals surface area contributed by atoms with E-state index in [0.29, 0.717) is 13.1 Å². The van der Waals surface area contributed by atoms with Crippen molar-refractivity contribution in [2.45, 2.75) is 25.7 Å². The molecule has 0 aliphatic heterocycles. The molecule has 22 heavy (non-hydrogen) atoms. The maximum absolute atomic E-state index is 9.64. The van der Waals surface area contributed by atoms with Gasteiger partial charge in [0.05, 0.1) is 25.7 Å². The van der Waals surface area contributed by atoms with Crippen molar-refractivity contribution < 1.29 is 45.3 Å². The predicted octanol–water partition coefficient (Wildman–Crippen LogP) is -1.54. The van der Waals surface area contributed by atoms with Gasteiger partial charge in [-0.05, 0) is 0 Å². The first-order chi connectivity index (χ1) is 9.17. The number of carbonyl (C=O) groups is 4. The molecule has 0 rings (SSSR count). The quantitative estimate of drug-likeness (QED) is 0.293. The van der Waals surface area contributed by atoms with Crippen LogP contribution in [0.3, 0.4) is 0 Å². The summed E-state index contributed by atoms with van der Waals surface area (Å²) in [6.07, 6.45) is -1.19. The molecule has 0 saturated heterocycles. The fourth-order valence-electron chi connectivity index (χ4n) is 0.428.